The molecule has 15 heavy (non-hydrogen) atoms. The first-order chi connectivity index (χ1) is 7.10. The van der Waals surface area contributed by atoms with Crippen molar-refractivity contribution >= 4 is 23.1 Å². The Bertz CT molecular complexity index is 415. The molecule has 1 aliphatic rings. The highest BCUT2D eigenvalue weighted by Gasteiger charge is 2.49. The van der Waals surface area contributed by atoms with Crippen LogP contribution in [0.3, 0.4) is 0 Å². The number of carbonyl (C=O) groups excluding carboxylic acids is 2. The number of esters is 1. The average Bonchev–Trinajstić information content (AvgIpc) is 2.90. The van der Waals surface area contributed by atoms with Crippen LogP contribution in [0, 0.1) is 0 Å². The Labute approximate surface area is 92.1 Å². The standard InChI is InChI=1S/C11H12O3S/c1-7(12)11(5-6-11)9-4-3-8(15-9)10(13)14-2/h3-4H,5-6H2,1-2H3. The number of ether oxygens (including phenoxy) is 1. The lowest BCUT2D eigenvalue weighted by Gasteiger charge is -2.06. The SMILES string of the molecule is COC(=O)c1ccc(C2(C(C)=O)CC2)s1. The predicted molar refractivity (Wildman–Crippen MR) is 57.3 cm³/mol. The average molecular weight is 224 g/mol. The molecule has 0 aliphatic heterocycles. The van der Waals surface area contributed by atoms with Crippen LogP contribution in [-0.2, 0) is 14.9 Å². The number of hydrogen-bond donors (Lipinski definition) is 0. The van der Waals surface area contributed by atoms with Crippen LogP contribution in [-0.4, -0.2) is 18.9 Å². The summed E-state index contributed by atoms with van der Waals surface area (Å²) >= 11 is 1.37. The molecule has 0 amide bonds. The number of thiophene rings is 1. The summed E-state index contributed by atoms with van der Waals surface area (Å²) in [5.74, 6) is -0.133. The highest BCUT2D eigenvalue weighted by Crippen LogP contribution is 2.51. The van der Waals surface area contributed by atoms with Crippen LogP contribution >= 0.6 is 11.3 Å². The molecule has 4 heteroatoms. The highest BCUT2D eigenvalue weighted by atomic mass is 32.1. The Morgan fingerprint density at radius 3 is 2.53 bits per heavy atom. The fourth-order valence-corrected chi connectivity index (χ4v) is 2.92. The van der Waals surface area contributed by atoms with Crippen molar-refractivity contribution in [3.63, 3.8) is 0 Å². The van der Waals surface area contributed by atoms with E-state index in [1.54, 1.807) is 13.0 Å². The van der Waals surface area contributed by atoms with Crippen LogP contribution < -0.4 is 0 Å². The number of rotatable bonds is 3. The fraction of sp³-hybridized carbons (Fsp3) is 0.455. The van der Waals surface area contributed by atoms with Gasteiger partial charge in [0.15, 0.2) is 0 Å². The Hall–Kier alpha value is -1.16. The molecule has 1 aliphatic carbocycles. The van der Waals surface area contributed by atoms with Gasteiger partial charge in [-0.3, -0.25) is 4.79 Å². The first-order valence-corrected chi connectivity index (χ1v) is 5.61. The molecule has 1 heterocycles. The largest absolute Gasteiger partial charge is 0.465 e. The van der Waals surface area contributed by atoms with Gasteiger partial charge in [0.25, 0.3) is 0 Å². The summed E-state index contributed by atoms with van der Waals surface area (Å²) in [6, 6.07) is 3.60. The van der Waals surface area contributed by atoms with Crippen LogP contribution in [0.5, 0.6) is 0 Å². The minimum atomic E-state index is -0.328. The number of methoxy groups -OCH3 is 1. The maximum Gasteiger partial charge on any atom is 0.348 e. The van der Waals surface area contributed by atoms with Crippen molar-refractivity contribution in [3.8, 4) is 0 Å². The molecule has 1 aromatic rings. The molecule has 80 valence electrons. The third-order valence-corrected chi connectivity index (χ3v) is 4.16. The molecule has 0 radical (unpaired) electrons. The molecule has 2 rings (SSSR count). The van der Waals surface area contributed by atoms with Gasteiger partial charge in [0, 0.05) is 4.88 Å². The molecular formula is C11H12O3S. The monoisotopic (exact) mass is 224 g/mol. The molecule has 0 unspecified atom stereocenters. The van der Waals surface area contributed by atoms with E-state index >= 15 is 0 Å². The first-order valence-electron chi connectivity index (χ1n) is 4.80. The van der Waals surface area contributed by atoms with Gasteiger partial charge in [-0.1, -0.05) is 0 Å². The topological polar surface area (TPSA) is 43.4 Å². The summed E-state index contributed by atoms with van der Waals surface area (Å²) in [7, 11) is 1.36. The minimum absolute atomic E-state index is 0.195. The van der Waals surface area contributed by atoms with Gasteiger partial charge in [-0.05, 0) is 31.9 Å². The van der Waals surface area contributed by atoms with Crippen molar-refractivity contribution in [3.05, 3.63) is 21.9 Å². The molecule has 3 nitrogen and oxygen atoms in total. The van der Waals surface area contributed by atoms with Gasteiger partial charge < -0.3 is 4.74 Å². The zero-order chi connectivity index (χ0) is 11.1. The quantitative estimate of drug-likeness (QED) is 0.739. The second kappa shape index (κ2) is 3.45. The van der Waals surface area contributed by atoms with E-state index in [9.17, 15) is 9.59 Å². The van der Waals surface area contributed by atoms with Crippen LogP contribution in [0.25, 0.3) is 0 Å². The molecule has 1 aromatic heterocycles. The molecule has 0 atom stereocenters. The highest BCUT2D eigenvalue weighted by molar-refractivity contribution is 7.14. The Balaban J connectivity index is 2.28. The Kier molecular flexibility index (Phi) is 2.38. The molecule has 1 fully saturated rings. The van der Waals surface area contributed by atoms with E-state index in [2.05, 4.69) is 4.74 Å². The van der Waals surface area contributed by atoms with Gasteiger partial charge >= 0.3 is 5.97 Å². The molecule has 0 spiro atoms. The Morgan fingerprint density at radius 2 is 2.07 bits per heavy atom. The van der Waals surface area contributed by atoms with E-state index in [0.29, 0.717) is 4.88 Å². The van der Waals surface area contributed by atoms with Crippen LogP contribution in [0.1, 0.15) is 34.3 Å². The van der Waals surface area contributed by atoms with Gasteiger partial charge in [0.1, 0.15) is 10.7 Å². The van der Waals surface area contributed by atoms with Gasteiger partial charge in [-0.2, -0.15) is 0 Å². The number of Topliss-reactive ketones (excluding diaryl/α,β-unsaturated/α-hetero) is 1. The van der Waals surface area contributed by atoms with Crippen molar-refractivity contribution in [1.82, 2.24) is 0 Å². The number of ketones is 1. The smallest absolute Gasteiger partial charge is 0.348 e. The van der Waals surface area contributed by atoms with Gasteiger partial charge in [-0.25, -0.2) is 4.79 Å². The lowest BCUT2D eigenvalue weighted by Crippen LogP contribution is -2.14. The summed E-state index contributed by atoms with van der Waals surface area (Å²) < 4.78 is 4.63. The summed E-state index contributed by atoms with van der Waals surface area (Å²) in [5.41, 5.74) is -0.281. The van der Waals surface area contributed by atoms with E-state index in [0.717, 1.165) is 17.7 Å². The van der Waals surface area contributed by atoms with E-state index in [1.165, 1.54) is 18.4 Å². The van der Waals surface area contributed by atoms with E-state index in [1.807, 2.05) is 6.07 Å². The fourth-order valence-electron chi connectivity index (χ4n) is 1.70. The zero-order valence-electron chi connectivity index (χ0n) is 8.70. The van der Waals surface area contributed by atoms with Crippen LogP contribution in [0.2, 0.25) is 0 Å². The van der Waals surface area contributed by atoms with Crippen LogP contribution in [0.4, 0.5) is 0 Å². The van der Waals surface area contributed by atoms with Crippen molar-refractivity contribution in [1.29, 1.82) is 0 Å². The minimum Gasteiger partial charge on any atom is -0.465 e. The molecule has 1 saturated carbocycles. The molecule has 0 bridgehead atoms. The maximum atomic E-state index is 11.5. The normalized spacial score (nSPS) is 17.2. The third kappa shape index (κ3) is 1.59. The zero-order valence-corrected chi connectivity index (χ0v) is 9.52. The summed E-state index contributed by atoms with van der Waals surface area (Å²) in [5, 5.41) is 0. The van der Waals surface area contributed by atoms with Crippen molar-refractivity contribution in [2.75, 3.05) is 7.11 Å². The maximum absolute atomic E-state index is 11.5. The molecule has 0 aromatic carbocycles. The summed E-state index contributed by atoms with van der Waals surface area (Å²) in [6.45, 7) is 1.62. The van der Waals surface area contributed by atoms with Crippen molar-refractivity contribution in [2.45, 2.75) is 25.2 Å². The second-order valence-corrected chi connectivity index (χ2v) is 4.88. The van der Waals surface area contributed by atoms with Gasteiger partial charge in [0.05, 0.1) is 12.5 Å². The lowest BCUT2D eigenvalue weighted by atomic mass is 10.0. The van der Waals surface area contributed by atoms with Crippen molar-refractivity contribution < 1.29 is 14.3 Å². The van der Waals surface area contributed by atoms with E-state index in [-0.39, 0.29) is 17.2 Å². The van der Waals surface area contributed by atoms with E-state index < -0.39 is 0 Å². The van der Waals surface area contributed by atoms with Crippen molar-refractivity contribution in [2.24, 2.45) is 0 Å². The van der Waals surface area contributed by atoms with Crippen LogP contribution in [0.15, 0.2) is 12.1 Å². The molecular weight excluding hydrogens is 212 g/mol. The summed E-state index contributed by atoms with van der Waals surface area (Å²) in [6.07, 6.45) is 1.81. The number of carbonyl (C=O) groups is 2. The Morgan fingerprint density at radius 1 is 1.40 bits per heavy atom. The predicted octanol–water partition coefficient (Wildman–Crippen LogP) is 2.16. The molecule has 0 saturated heterocycles. The number of hydrogen-bond acceptors (Lipinski definition) is 4. The molecule has 0 N–H and O–H groups in total. The van der Waals surface area contributed by atoms with Gasteiger partial charge in [0.2, 0.25) is 0 Å². The first kappa shape index (κ1) is 10.4. The van der Waals surface area contributed by atoms with Gasteiger partial charge in [-0.15, -0.1) is 11.3 Å². The third-order valence-electron chi connectivity index (χ3n) is 2.89. The van der Waals surface area contributed by atoms with E-state index in [4.69, 9.17) is 0 Å². The second-order valence-electron chi connectivity index (χ2n) is 3.79. The lowest BCUT2D eigenvalue weighted by molar-refractivity contribution is -0.119. The summed E-state index contributed by atoms with van der Waals surface area (Å²) in [4.78, 5) is 24.3.